The lowest BCUT2D eigenvalue weighted by molar-refractivity contribution is 0.585. The number of nitrogens with zero attached hydrogens (tertiary/aromatic N) is 1. The maximum absolute atomic E-state index is 13.3. The first kappa shape index (κ1) is 10.8. The van der Waals surface area contributed by atoms with Gasteiger partial charge in [0.25, 0.3) is 0 Å². The van der Waals surface area contributed by atoms with E-state index in [4.69, 9.17) is 28.3 Å². The number of hydrogen-bond acceptors (Lipinski definition) is 3. The van der Waals surface area contributed by atoms with E-state index >= 15 is 0 Å². The Morgan fingerprint density at radius 2 is 2.21 bits per heavy atom. The topological polar surface area (TPSA) is 75.8 Å². The Morgan fingerprint density at radius 1 is 1.57 bits per heavy atom. The van der Waals surface area contributed by atoms with Crippen LogP contribution in [0.15, 0.2) is 12.1 Å². The quantitative estimate of drug-likeness (QED) is 0.738. The Labute approximate surface area is 86.1 Å². The minimum Gasteiger partial charge on any atom is -0.397 e. The Hall–Kier alpha value is -1.31. The van der Waals surface area contributed by atoms with Gasteiger partial charge >= 0.3 is 0 Å². The molecule has 0 unspecified atom stereocenters. The van der Waals surface area contributed by atoms with Gasteiger partial charge in [-0.05, 0) is 12.1 Å². The summed E-state index contributed by atoms with van der Waals surface area (Å²) in [5, 5.41) is 8.65. The average Bonchev–Trinajstić information content (AvgIpc) is 2.11. The van der Waals surface area contributed by atoms with Crippen LogP contribution in [0.2, 0.25) is 5.02 Å². The van der Waals surface area contributed by atoms with Crippen molar-refractivity contribution in [2.75, 3.05) is 5.73 Å². The third kappa shape index (κ3) is 2.13. The predicted octanol–water partition coefficient (Wildman–Crippen LogP) is 1.97. The fourth-order valence-corrected chi connectivity index (χ4v) is 1.24. The molecule has 0 aromatic heterocycles. The summed E-state index contributed by atoms with van der Waals surface area (Å²) in [5.74, 6) is -0.533. The van der Waals surface area contributed by atoms with Gasteiger partial charge in [0.15, 0.2) is 0 Å². The van der Waals surface area contributed by atoms with E-state index in [1.807, 2.05) is 6.07 Å². The predicted molar refractivity (Wildman–Crippen MR) is 53.0 cm³/mol. The molecular weight excluding hydrogens is 205 g/mol. The fourth-order valence-electron chi connectivity index (χ4n) is 1.07. The van der Waals surface area contributed by atoms with Crippen molar-refractivity contribution < 1.29 is 4.39 Å². The summed E-state index contributed by atoms with van der Waals surface area (Å²) in [4.78, 5) is 0. The number of nitrogens with two attached hydrogens (primary N) is 2. The van der Waals surface area contributed by atoms with Crippen LogP contribution in [0.3, 0.4) is 0 Å². The van der Waals surface area contributed by atoms with Crippen LogP contribution in [0.25, 0.3) is 0 Å². The second-order valence-corrected chi connectivity index (χ2v) is 3.27. The zero-order chi connectivity index (χ0) is 10.7. The average molecular weight is 214 g/mol. The summed E-state index contributed by atoms with van der Waals surface area (Å²) in [7, 11) is 0. The number of anilines is 1. The molecule has 0 radical (unpaired) electrons. The summed E-state index contributed by atoms with van der Waals surface area (Å²) < 4.78 is 13.3. The van der Waals surface area contributed by atoms with E-state index in [1.54, 1.807) is 0 Å². The van der Waals surface area contributed by atoms with Gasteiger partial charge < -0.3 is 11.5 Å². The molecule has 1 aromatic rings. The van der Waals surface area contributed by atoms with E-state index < -0.39 is 11.9 Å². The highest BCUT2D eigenvalue weighted by Crippen LogP contribution is 2.26. The van der Waals surface area contributed by atoms with E-state index in [-0.39, 0.29) is 22.7 Å². The molecule has 0 aliphatic carbocycles. The third-order valence-electron chi connectivity index (χ3n) is 1.83. The highest BCUT2D eigenvalue weighted by Gasteiger charge is 2.13. The number of rotatable bonds is 2. The minimum atomic E-state index is -0.668. The monoisotopic (exact) mass is 213 g/mol. The molecule has 3 nitrogen and oxygen atoms in total. The molecule has 0 fully saturated rings. The van der Waals surface area contributed by atoms with Gasteiger partial charge in [0, 0.05) is 11.6 Å². The second-order valence-electron chi connectivity index (χ2n) is 2.86. The Balaban J connectivity index is 3.10. The van der Waals surface area contributed by atoms with Gasteiger partial charge in [0.2, 0.25) is 0 Å². The second kappa shape index (κ2) is 4.27. The molecule has 0 amide bonds. The van der Waals surface area contributed by atoms with Crippen molar-refractivity contribution in [1.29, 1.82) is 5.26 Å². The summed E-state index contributed by atoms with van der Waals surface area (Å²) in [5.41, 5.74) is 11.3. The zero-order valence-electron chi connectivity index (χ0n) is 7.30. The van der Waals surface area contributed by atoms with Crippen molar-refractivity contribution in [3.05, 3.63) is 28.5 Å². The van der Waals surface area contributed by atoms with Crippen LogP contribution < -0.4 is 11.5 Å². The van der Waals surface area contributed by atoms with Crippen LogP contribution in [0.5, 0.6) is 0 Å². The van der Waals surface area contributed by atoms with Crippen LogP contribution >= 0.6 is 11.6 Å². The Morgan fingerprint density at radius 3 is 2.79 bits per heavy atom. The van der Waals surface area contributed by atoms with E-state index in [9.17, 15) is 4.39 Å². The smallest absolute Gasteiger partial charge is 0.130 e. The molecule has 0 spiro atoms. The fraction of sp³-hybridized carbons (Fsp3) is 0.222. The summed E-state index contributed by atoms with van der Waals surface area (Å²) in [6, 6.07) is 3.65. The summed E-state index contributed by atoms with van der Waals surface area (Å²) in [6.07, 6.45) is 0.0389. The molecule has 0 aliphatic heterocycles. The number of hydrogen-bond donors (Lipinski definition) is 2. The number of benzene rings is 1. The highest BCUT2D eigenvalue weighted by atomic mass is 35.5. The molecule has 0 saturated heterocycles. The van der Waals surface area contributed by atoms with Crippen LogP contribution in [0, 0.1) is 17.1 Å². The normalized spacial score (nSPS) is 12.1. The van der Waals surface area contributed by atoms with Crippen LogP contribution in [0.4, 0.5) is 10.1 Å². The van der Waals surface area contributed by atoms with E-state index in [2.05, 4.69) is 0 Å². The Kier molecular flexibility index (Phi) is 3.28. The largest absolute Gasteiger partial charge is 0.397 e. The summed E-state index contributed by atoms with van der Waals surface area (Å²) >= 11 is 5.70. The van der Waals surface area contributed by atoms with Gasteiger partial charge in [0.1, 0.15) is 5.82 Å². The molecule has 1 aromatic carbocycles. The first-order valence-corrected chi connectivity index (χ1v) is 4.31. The first-order valence-electron chi connectivity index (χ1n) is 3.93. The van der Waals surface area contributed by atoms with Gasteiger partial charge in [0.05, 0.1) is 23.2 Å². The number of halogens is 2. The SMILES string of the molecule is N#CC[C@H](N)c1cc(Cl)c(N)cc1F. The van der Waals surface area contributed by atoms with Gasteiger partial charge in [-0.2, -0.15) is 5.26 Å². The van der Waals surface area contributed by atoms with Crippen LogP contribution in [-0.4, -0.2) is 0 Å². The van der Waals surface area contributed by atoms with E-state index in [0.29, 0.717) is 0 Å². The lowest BCUT2D eigenvalue weighted by atomic mass is 10.0. The van der Waals surface area contributed by atoms with Crippen LogP contribution in [-0.2, 0) is 0 Å². The Bertz CT molecular complexity index is 386. The molecule has 1 atom stereocenters. The van der Waals surface area contributed by atoms with Gasteiger partial charge in [-0.15, -0.1) is 0 Å². The van der Waals surface area contributed by atoms with Crippen molar-refractivity contribution >= 4 is 17.3 Å². The minimum absolute atomic E-state index is 0.0389. The van der Waals surface area contributed by atoms with Crippen molar-refractivity contribution in [1.82, 2.24) is 0 Å². The molecule has 0 heterocycles. The molecule has 74 valence electrons. The first-order chi connectivity index (χ1) is 6.56. The lowest BCUT2D eigenvalue weighted by Crippen LogP contribution is -2.11. The zero-order valence-corrected chi connectivity index (χ0v) is 8.05. The maximum Gasteiger partial charge on any atom is 0.130 e. The molecular formula is C9H9ClFN3. The standard InChI is InChI=1S/C9H9ClFN3/c10-6-3-5(8(13)1-2-12)7(11)4-9(6)14/h3-4,8H,1,13-14H2/t8-/m0/s1. The van der Waals surface area contributed by atoms with E-state index in [1.165, 1.54) is 6.07 Å². The van der Waals surface area contributed by atoms with Gasteiger partial charge in [-0.3, -0.25) is 0 Å². The van der Waals surface area contributed by atoms with Crippen molar-refractivity contribution in [2.24, 2.45) is 5.73 Å². The van der Waals surface area contributed by atoms with Gasteiger partial charge in [-0.25, -0.2) is 4.39 Å². The van der Waals surface area contributed by atoms with Gasteiger partial charge in [-0.1, -0.05) is 11.6 Å². The van der Waals surface area contributed by atoms with E-state index in [0.717, 1.165) is 6.07 Å². The number of nitriles is 1. The molecule has 0 aliphatic rings. The third-order valence-corrected chi connectivity index (χ3v) is 2.15. The maximum atomic E-state index is 13.3. The van der Waals surface area contributed by atoms with Crippen LogP contribution in [0.1, 0.15) is 18.0 Å². The molecule has 0 saturated carbocycles. The number of nitrogen functional groups attached to an aromatic ring is 1. The molecule has 14 heavy (non-hydrogen) atoms. The lowest BCUT2D eigenvalue weighted by Gasteiger charge is -2.10. The summed E-state index contributed by atoms with van der Waals surface area (Å²) in [6.45, 7) is 0. The highest BCUT2D eigenvalue weighted by molar-refractivity contribution is 6.33. The van der Waals surface area contributed by atoms with Crippen molar-refractivity contribution in [3.63, 3.8) is 0 Å². The molecule has 4 N–H and O–H groups in total. The van der Waals surface area contributed by atoms with Crippen molar-refractivity contribution in [2.45, 2.75) is 12.5 Å². The molecule has 0 bridgehead atoms. The molecule has 1 rings (SSSR count). The molecule has 5 heteroatoms. The van der Waals surface area contributed by atoms with Crippen molar-refractivity contribution in [3.8, 4) is 6.07 Å².